The Hall–Kier alpha value is -1.94. The zero-order valence-electron chi connectivity index (χ0n) is 11.9. The normalized spacial score (nSPS) is 10.6. The molecule has 1 aromatic heterocycles. The summed E-state index contributed by atoms with van der Waals surface area (Å²) in [5, 5.41) is 3.29. The smallest absolute Gasteiger partial charge is 0.141 e. The summed E-state index contributed by atoms with van der Waals surface area (Å²) in [6.45, 7) is 3.63. The minimum atomic E-state index is -0.302. The van der Waals surface area contributed by atoms with Crippen LogP contribution in [0.15, 0.2) is 42.6 Å². The fraction of sp³-hybridized carbons (Fsp3) is 0.312. The van der Waals surface area contributed by atoms with Crippen molar-refractivity contribution >= 4 is 11.5 Å². The summed E-state index contributed by atoms with van der Waals surface area (Å²) < 4.78 is 13.4. The fourth-order valence-electron chi connectivity index (χ4n) is 2.08. The first-order valence-corrected chi connectivity index (χ1v) is 6.86. The lowest BCUT2D eigenvalue weighted by atomic mass is 10.2. The molecule has 0 aliphatic heterocycles. The minimum absolute atomic E-state index is 0.302. The molecule has 0 amide bonds. The van der Waals surface area contributed by atoms with Gasteiger partial charge in [-0.2, -0.15) is 0 Å². The summed E-state index contributed by atoms with van der Waals surface area (Å²) in [6, 6.07) is 11.5. The third kappa shape index (κ3) is 3.54. The number of hydrogen-bond acceptors (Lipinski definition) is 3. The molecule has 0 fully saturated rings. The van der Waals surface area contributed by atoms with Crippen LogP contribution in [0, 0.1) is 5.82 Å². The molecule has 0 aliphatic rings. The second-order valence-electron chi connectivity index (χ2n) is 4.71. The molecule has 20 heavy (non-hydrogen) atoms. The number of anilines is 2. The molecule has 0 saturated heterocycles. The van der Waals surface area contributed by atoms with Gasteiger partial charge in [-0.05, 0) is 31.2 Å². The van der Waals surface area contributed by atoms with Gasteiger partial charge >= 0.3 is 0 Å². The molecule has 2 rings (SSSR count). The zero-order chi connectivity index (χ0) is 14.4. The Bertz CT molecular complexity index is 543. The van der Waals surface area contributed by atoms with Crippen LogP contribution in [0.2, 0.25) is 0 Å². The summed E-state index contributed by atoms with van der Waals surface area (Å²) in [4.78, 5) is 6.22. The van der Waals surface area contributed by atoms with Gasteiger partial charge in [0, 0.05) is 24.8 Å². The van der Waals surface area contributed by atoms with Crippen molar-refractivity contribution in [3.63, 3.8) is 0 Å². The predicted octanol–water partition coefficient (Wildman–Crippen LogP) is 3.49. The molecule has 0 aliphatic carbocycles. The molecule has 0 bridgehead atoms. The molecule has 1 N–H and O–H groups in total. The van der Waals surface area contributed by atoms with E-state index in [1.807, 2.05) is 42.3 Å². The molecule has 3 nitrogen and oxygen atoms in total. The first-order valence-electron chi connectivity index (χ1n) is 6.86. The molecule has 0 radical (unpaired) electrons. The summed E-state index contributed by atoms with van der Waals surface area (Å²) in [5.74, 6) is 0.477. The number of para-hydroxylation sites is 1. The number of halogens is 1. The monoisotopic (exact) mass is 273 g/mol. The van der Waals surface area contributed by atoms with Crippen molar-refractivity contribution in [3.8, 4) is 0 Å². The second-order valence-corrected chi connectivity index (χ2v) is 4.71. The van der Waals surface area contributed by atoms with Gasteiger partial charge in [0.25, 0.3) is 0 Å². The molecule has 0 saturated carbocycles. The van der Waals surface area contributed by atoms with Crippen LogP contribution >= 0.6 is 0 Å². The standard InChI is InChI=1S/C16H20FN3/c1-3-9-18-11-13-10-14(17)12-19-16(13)20(2)15-7-5-4-6-8-15/h4-8,10,12,18H,3,9,11H2,1-2H3. The van der Waals surface area contributed by atoms with E-state index in [0.29, 0.717) is 6.54 Å². The molecule has 0 spiro atoms. The molecule has 2 aromatic rings. The van der Waals surface area contributed by atoms with Gasteiger partial charge in [-0.15, -0.1) is 0 Å². The number of benzene rings is 1. The van der Waals surface area contributed by atoms with Gasteiger partial charge in [-0.3, -0.25) is 0 Å². The number of hydrogen-bond donors (Lipinski definition) is 1. The van der Waals surface area contributed by atoms with E-state index >= 15 is 0 Å². The number of nitrogens with one attached hydrogen (secondary N) is 1. The number of pyridine rings is 1. The summed E-state index contributed by atoms with van der Waals surface area (Å²) in [6.07, 6.45) is 2.31. The van der Waals surface area contributed by atoms with Crippen molar-refractivity contribution in [2.75, 3.05) is 18.5 Å². The van der Waals surface area contributed by atoms with E-state index in [0.717, 1.165) is 30.0 Å². The highest BCUT2D eigenvalue weighted by Crippen LogP contribution is 2.25. The minimum Gasteiger partial charge on any atom is -0.329 e. The second kappa shape index (κ2) is 7.01. The van der Waals surface area contributed by atoms with Gasteiger partial charge in [0.05, 0.1) is 6.20 Å². The van der Waals surface area contributed by atoms with Crippen LogP contribution in [0.5, 0.6) is 0 Å². The predicted molar refractivity (Wildman–Crippen MR) is 80.7 cm³/mol. The van der Waals surface area contributed by atoms with Gasteiger partial charge in [0.15, 0.2) is 0 Å². The Morgan fingerprint density at radius 3 is 2.70 bits per heavy atom. The Labute approximate surface area is 119 Å². The molecule has 1 aromatic carbocycles. The topological polar surface area (TPSA) is 28.2 Å². The van der Waals surface area contributed by atoms with Gasteiger partial charge in [0.1, 0.15) is 11.6 Å². The van der Waals surface area contributed by atoms with E-state index in [9.17, 15) is 4.39 Å². The van der Waals surface area contributed by atoms with Crippen molar-refractivity contribution in [3.05, 3.63) is 54.0 Å². The van der Waals surface area contributed by atoms with Crippen LogP contribution < -0.4 is 10.2 Å². The Morgan fingerprint density at radius 2 is 2.00 bits per heavy atom. The Kier molecular flexibility index (Phi) is 5.07. The zero-order valence-corrected chi connectivity index (χ0v) is 11.9. The molecule has 1 heterocycles. The lowest BCUT2D eigenvalue weighted by Crippen LogP contribution is -2.19. The third-order valence-corrected chi connectivity index (χ3v) is 3.11. The molecular weight excluding hydrogens is 253 g/mol. The molecular formula is C16H20FN3. The molecule has 0 unspecified atom stereocenters. The van der Waals surface area contributed by atoms with Crippen LogP contribution in [0.25, 0.3) is 0 Å². The van der Waals surface area contributed by atoms with Crippen LogP contribution in [0.1, 0.15) is 18.9 Å². The van der Waals surface area contributed by atoms with Crippen molar-refractivity contribution in [2.45, 2.75) is 19.9 Å². The van der Waals surface area contributed by atoms with E-state index in [1.165, 1.54) is 6.20 Å². The van der Waals surface area contributed by atoms with Crippen molar-refractivity contribution in [1.82, 2.24) is 10.3 Å². The van der Waals surface area contributed by atoms with E-state index in [1.54, 1.807) is 6.07 Å². The third-order valence-electron chi connectivity index (χ3n) is 3.11. The van der Waals surface area contributed by atoms with Crippen LogP contribution in [-0.2, 0) is 6.54 Å². The molecule has 0 atom stereocenters. The van der Waals surface area contributed by atoms with E-state index in [4.69, 9.17) is 0 Å². The van der Waals surface area contributed by atoms with Crippen LogP contribution in [0.4, 0.5) is 15.9 Å². The highest BCUT2D eigenvalue weighted by Gasteiger charge is 2.11. The van der Waals surface area contributed by atoms with Gasteiger partial charge in [-0.25, -0.2) is 9.37 Å². The largest absolute Gasteiger partial charge is 0.329 e. The lowest BCUT2D eigenvalue weighted by molar-refractivity contribution is 0.611. The summed E-state index contributed by atoms with van der Waals surface area (Å²) in [7, 11) is 1.94. The van der Waals surface area contributed by atoms with Crippen LogP contribution in [-0.4, -0.2) is 18.6 Å². The van der Waals surface area contributed by atoms with Gasteiger partial charge < -0.3 is 10.2 Å². The SMILES string of the molecule is CCCNCc1cc(F)cnc1N(C)c1ccccc1. The van der Waals surface area contributed by atoms with Gasteiger partial charge in [0.2, 0.25) is 0 Å². The number of aromatic nitrogens is 1. The van der Waals surface area contributed by atoms with Crippen molar-refractivity contribution < 1.29 is 4.39 Å². The maximum atomic E-state index is 13.4. The first-order chi connectivity index (χ1) is 9.72. The maximum Gasteiger partial charge on any atom is 0.141 e. The Morgan fingerprint density at radius 1 is 1.25 bits per heavy atom. The number of rotatable bonds is 6. The molecule has 106 valence electrons. The lowest BCUT2D eigenvalue weighted by Gasteiger charge is -2.21. The maximum absolute atomic E-state index is 13.4. The van der Waals surface area contributed by atoms with Crippen molar-refractivity contribution in [1.29, 1.82) is 0 Å². The van der Waals surface area contributed by atoms with E-state index < -0.39 is 0 Å². The van der Waals surface area contributed by atoms with Gasteiger partial charge in [-0.1, -0.05) is 25.1 Å². The quantitative estimate of drug-likeness (QED) is 0.817. The van der Waals surface area contributed by atoms with E-state index in [-0.39, 0.29) is 5.82 Å². The average molecular weight is 273 g/mol. The highest BCUT2D eigenvalue weighted by molar-refractivity contribution is 5.61. The van der Waals surface area contributed by atoms with Crippen LogP contribution in [0.3, 0.4) is 0 Å². The van der Waals surface area contributed by atoms with Crippen molar-refractivity contribution in [2.24, 2.45) is 0 Å². The molecule has 4 heteroatoms. The summed E-state index contributed by atoms with van der Waals surface area (Å²) in [5.41, 5.74) is 1.90. The number of nitrogens with zero attached hydrogens (tertiary/aromatic N) is 2. The highest BCUT2D eigenvalue weighted by atomic mass is 19.1. The summed E-state index contributed by atoms with van der Waals surface area (Å²) >= 11 is 0. The average Bonchev–Trinajstić information content (AvgIpc) is 2.48. The Balaban J connectivity index is 2.25. The van der Waals surface area contributed by atoms with E-state index in [2.05, 4.69) is 17.2 Å². The first kappa shape index (κ1) is 14.5. The fourth-order valence-corrected chi connectivity index (χ4v) is 2.08.